The van der Waals surface area contributed by atoms with E-state index in [9.17, 15) is 5.11 Å². The molecule has 0 amide bonds. The van der Waals surface area contributed by atoms with Crippen LogP contribution in [0, 0.1) is 0 Å². The van der Waals surface area contributed by atoms with Crippen LogP contribution in [0.5, 0.6) is 0 Å². The summed E-state index contributed by atoms with van der Waals surface area (Å²) in [5.41, 5.74) is -0.0944. The van der Waals surface area contributed by atoms with Gasteiger partial charge >= 0.3 is 0 Å². The fourth-order valence-electron chi connectivity index (χ4n) is 2.06. The van der Waals surface area contributed by atoms with E-state index in [1.54, 1.807) is 0 Å². The van der Waals surface area contributed by atoms with Gasteiger partial charge in [0.05, 0.1) is 6.61 Å². The molecule has 1 aliphatic heterocycles. The van der Waals surface area contributed by atoms with Crippen molar-refractivity contribution in [2.45, 2.75) is 38.3 Å². The summed E-state index contributed by atoms with van der Waals surface area (Å²) in [4.78, 5) is 4.70. The molecule has 1 heterocycles. The third-order valence-corrected chi connectivity index (χ3v) is 3.49. The van der Waals surface area contributed by atoms with Gasteiger partial charge in [-0.15, -0.1) is 0 Å². The molecule has 1 N–H and O–H groups in total. The van der Waals surface area contributed by atoms with E-state index in [-0.39, 0.29) is 12.1 Å². The number of aliphatic hydroxyl groups excluding tert-OH is 1. The minimum Gasteiger partial charge on any atom is -0.394 e. The van der Waals surface area contributed by atoms with Crippen LogP contribution in [-0.4, -0.2) is 60.3 Å². The van der Waals surface area contributed by atoms with Gasteiger partial charge in [-0.1, -0.05) is 0 Å². The third kappa shape index (κ3) is 2.69. The number of likely N-dealkylation sites (N-methyl/N-ethyl adjacent to an activating group) is 2. The Morgan fingerprint density at radius 1 is 1.50 bits per heavy atom. The Balaban J connectivity index is 2.55. The summed E-state index contributed by atoms with van der Waals surface area (Å²) in [7, 11) is 4.30. The van der Waals surface area contributed by atoms with E-state index in [1.807, 2.05) is 0 Å². The third-order valence-electron chi connectivity index (χ3n) is 3.49. The monoisotopic (exact) mass is 200 g/mol. The van der Waals surface area contributed by atoms with Crippen LogP contribution in [0.1, 0.15) is 26.7 Å². The van der Waals surface area contributed by atoms with Crippen molar-refractivity contribution in [1.82, 2.24) is 9.80 Å². The van der Waals surface area contributed by atoms with Gasteiger partial charge in [-0.2, -0.15) is 0 Å². The van der Waals surface area contributed by atoms with Crippen molar-refractivity contribution in [2.75, 3.05) is 33.8 Å². The van der Waals surface area contributed by atoms with E-state index in [2.05, 4.69) is 37.7 Å². The maximum Gasteiger partial charge on any atom is 0.0610 e. The Morgan fingerprint density at radius 3 is 2.64 bits per heavy atom. The molecule has 1 aliphatic rings. The maximum absolute atomic E-state index is 9.31. The largest absolute Gasteiger partial charge is 0.394 e. The van der Waals surface area contributed by atoms with Gasteiger partial charge in [-0.25, -0.2) is 0 Å². The van der Waals surface area contributed by atoms with Crippen LogP contribution >= 0.6 is 0 Å². The molecule has 0 aromatic carbocycles. The average Bonchev–Trinajstić information content (AvgIpc) is 2.16. The molecule has 0 aromatic heterocycles. The van der Waals surface area contributed by atoms with Crippen molar-refractivity contribution >= 4 is 0 Å². The van der Waals surface area contributed by atoms with E-state index in [0.29, 0.717) is 6.04 Å². The molecule has 0 bridgehead atoms. The predicted molar refractivity (Wildman–Crippen MR) is 59.4 cm³/mol. The van der Waals surface area contributed by atoms with Gasteiger partial charge in [0.1, 0.15) is 0 Å². The number of nitrogens with zero attached hydrogens (tertiary/aromatic N) is 2. The molecule has 1 rings (SSSR count). The van der Waals surface area contributed by atoms with Crippen LogP contribution in [-0.2, 0) is 0 Å². The van der Waals surface area contributed by atoms with Crippen molar-refractivity contribution in [3.05, 3.63) is 0 Å². The second kappa shape index (κ2) is 4.60. The molecule has 3 heteroatoms. The van der Waals surface area contributed by atoms with E-state index >= 15 is 0 Å². The van der Waals surface area contributed by atoms with Crippen LogP contribution in [0.2, 0.25) is 0 Å². The Bertz CT molecular complexity index is 182. The molecule has 0 aromatic rings. The van der Waals surface area contributed by atoms with Gasteiger partial charge in [0.15, 0.2) is 0 Å². The molecule has 84 valence electrons. The van der Waals surface area contributed by atoms with E-state index in [0.717, 1.165) is 6.54 Å². The van der Waals surface area contributed by atoms with Crippen LogP contribution in [0.15, 0.2) is 0 Å². The number of hydrogen-bond acceptors (Lipinski definition) is 3. The van der Waals surface area contributed by atoms with Crippen LogP contribution < -0.4 is 0 Å². The Labute approximate surface area is 87.7 Å². The number of hydrogen-bond donors (Lipinski definition) is 1. The Kier molecular flexibility index (Phi) is 3.93. The normalized spacial score (nSPS) is 25.7. The van der Waals surface area contributed by atoms with Crippen molar-refractivity contribution in [3.8, 4) is 0 Å². The fourth-order valence-corrected chi connectivity index (χ4v) is 2.06. The maximum atomic E-state index is 9.31. The number of aliphatic hydroxyl groups is 1. The number of likely N-dealkylation sites (tertiary alicyclic amines) is 1. The average molecular weight is 200 g/mol. The zero-order valence-corrected chi connectivity index (χ0v) is 9.95. The quantitative estimate of drug-likeness (QED) is 0.729. The lowest BCUT2D eigenvalue weighted by atomic mass is 9.97. The minimum atomic E-state index is -0.0944. The first-order valence-corrected chi connectivity index (χ1v) is 5.49. The molecule has 0 aliphatic carbocycles. The summed E-state index contributed by atoms with van der Waals surface area (Å²) < 4.78 is 0. The van der Waals surface area contributed by atoms with Gasteiger partial charge < -0.3 is 10.0 Å². The zero-order valence-electron chi connectivity index (χ0n) is 9.95. The summed E-state index contributed by atoms with van der Waals surface area (Å²) in [6, 6.07) is 0.593. The SMILES string of the molecule is CN1CCCC(N(C)C(C)(C)CO)C1. The summed E-state index contributed by atoms with van der Waals surface area (Å²) in [5.74, 6) is 0. The fraction of sp³-hybridized carbons (Fsp3) is 1.00. The molecule has 0 spiro atoms. The molecular formula is C11H24N2O. The smallest absolute Gasteiger partial charge is 0.0610 e. The second-order valence-electron chi connectivity index (χ2n) is 5.14. The molecule has 0 radical (unpaired) electrons. The zero-order chi connectivity index (χ0) is 10.8. The minimum absolute atomic E-state index is 0.0944. The topological polar surface area (TPSA) is 26.7 Å². The number of piperidine rings is 1. The number of rotatable bonds is 3. The van der Waals surface area contributed by atoms with Gasteiger partial charge in [0, 0.05) is 18.1 Å². The van der Waals surface area contributed by atoms with Gasteiger partial charge in [0.25, 0.3) is 0 Å². The standard InChI is InChI=1S/C11H24N2O/c1-11(2,9-14)13(4)10-6-5-7-12(3)8-10/h10,14H,5-9H2,1-4H3. The lowest BCUT2D eigenvalue weighted by Crippen LogP contribution is -2.54. The highest BCUT2D eigenvalue weighted by Gasteiger charge is 2.30. The van der Waals surface area contributed by atoms with E-state index in [4.69, 9.17) is 0 Å². The molecular weight excluding hydrogens is 176 g/mol. The summed E-state index contributed by atoms with van der Waals surface area (Å²) in [6.07, 6.45) is 2.53. The van der Waals surface area contributed by atoms with Crippen molar-refractivity contribution in [1.29, 1.82) is 0 Å². The molecule has 1 unspecified atom stereocenters. The van der Waals surface area contributed by atoms with Crippen LogP contribution in [0.3, 0.4) is 0 Å². The molecule has 14 heavy (non-hydrogen) atoms. The molecule has 0 saturated carbocycles. The van der Waals surface area contributed by atoms with E-state index in [1.165, 1.54) is 19.4 Å². The van der Waals surface area contributed by atoms with E-state index < -0.39 is 0 Å². The first kappa shape index (κ1) is 12.0. The first-order chi connectivity index (χ1) is 6.47. The Morgan fingerprint density at radius 2 is 2.14 bits per heavy atom. The Hall–Kier alpha value is -0.120. The second-order valence-corrected chi connectivity index (χ2v) is 5.14. The highest BCUT2D eigenvalue weighted by atomic mass is 16.3. The molecule has 1 fully saturated rings. The highest BCUT2D eigenvalue weighted by molar-refractivity contribution is 4.87. The van der Waals surface area contributed by atoms with Crippen LogP contribution in [0.4, 0.5) is 0 Å². The van der Waals surface area contributed by atoms with Crippen LogP contribution in [0.25, 0.3) is 0 Å². The summed E-state index contributed by atoms with van der Waals surface area (Å²) in [6.45, 7) is 6.76. The lowest BCUT2D eigenvalue weighted by Gasteiger charge is -2.43. The summed E-state index contributed by atoms with van der Waals surface area (Å²) >= 11 is 0. The first-order valence-electron chi connectivity index (χ1n) is 5.49. The molecule has 3 nitrogen and oxygen atoms in total. The van der Waals surface area contributed by atoms with Crippen molar-refractivity contribution in [2.24, 2.45) is 0 Å². The predicted octanol–water partition coefficient (Wildman–Crippen LogP) is 0.783. The summed E-state index contributed by atoms with van der Waals surface area (Å²) in [5, 5.41) is 9.31. The van der Waals surface area contributed by atoms with Gasteiger partial charge in [0.2, 0.25) is 0 Å². The lowest BCUT2D eigenvalue weighted by molar-refractivity contribution is 0.0184. The van der Waals surface area contributed by atoms with Gasteiger partial charge in [-0.3, -0.25) is 4.90 Å². The molecule has 1 atom stereocenters. The highest BCUT2D eigenvalue weighted by Crippen LogP contribution is 2.21. The van der Waals surface area contributed by atoms with Gasteiger partial charge in [-0.05, 0) is 47.3 Å². The van der Waals surface area contributed by atoms with Crippen molar-refractivity contribution < 1.29 is 5.11 Å². The molecule has 1 saturated heterocycles. The van der Waals surface area contributed by atoms with Crippen molar-refractivity contribution in [3.63, 3.8) is 0 Å².